The number of rotatable bonds is 9. The number of unbranched alkanes of at least 4 members (excludes halogenated alkanes) is 1. The van der Waals surface area contributed by atoms with E-state index in [4.69, 9.17) is 4.74 Å². The molecule has 1 atom stereocenters. The van der Waals surface area contributed by atoms with Crippen LogP contribution in [0.15, 0.2) is 18.2 Å². The molecule has 1 rings (SSSR count). The lowest BCUT2D eigenvalue weighted by molar-refractivity contribution is -0.686. The number of ether oxygens (including phenoxy) is 1. The van der Waals surface area contributed by atoms with E-state index in [0.29, 0.717) is 18.4 Å². The van der Waals surface area contributed by atoms with Gasteiger partial charge < -0.3 is 10.1 Å². The Morgan fingerprint density at radius 1 is 1.40 bits per heavy atom. The van der Waals surface area contributed by atoms with E-state index in [9.17, 15) is 10.1 Å². The quantitative estimate of drug-likeness (QED) is 0.429. The topological polar surface area (TPSA) is 69.0 Å². The molecule has 2 N–H and O–H groups in total. The van der Waals surface area contributed by atoms with Gasteiger partial charge in [-0.15, -0.1) is 0 Å². The van der Waals surface area contributed by atoms with Gasteiger partial charge in [-0.2, -0.15) is 0 Å². The van der Waals surface area contributed by atoms with Crippen molar-refractivity contribution in [2.45, 2.75) is 46.1 Å². The Morgan fingerprint density at radius 3 is 2.80 bits per heavy atom. The SMILES string of the molecule is CC[C@@H](C)[NH2+]CCCCOc1ccc(C)cc1[N+](=O)[O-]. The Bertz CT molecular complexity index is 435. The van der Waals surface area contributed by atoms with Gasteiger partial charge in [0.1, 0.15) is 0 Å². The van der Waals surface area contributed by atoms with Crippen LogP contribution in [0.3, 0.4) is 0 Å². The predicted octanol–water partition coefficient (Wildman–Crippen LogP) is 2.42. The molecule has 0 aromatic heterocycles. The Morgan fingerprint density at radius 2 is 2.15 bits per heavy atom. The minimum atomic E-state index is -0.390. The third-order valence-corrected chi connectivity index (χ3v) is 3.38. The molecule has 0 fully saturated rings. The van der Waals surface area contributed by atoms with Gasteiger partial charge in [0.2, 0.25) is 0 Å². The van der Waals surface area contributed by atoms with Crippen molar-refractivity contribution in [3.05, 3.63) is 33.9 Å². The first-order valence-electron chi connectivity index (χ1n) is 7.25. The van der Waals surface area contributed by atoms with E-state index in [1.165, 1.54) is 6.42 Å². The zero-order valence-corrected chi connectivity index (χ0v) is 12.6. The van der Waals surface area contributed by atoms with Crippen LogP contribution in [0.4, 0.5) is 5.69 Å². The third-order valence-electron chi connectivity index (χ3n) is 3.38. The lowest BCUT2D eigenvalue weighted by Gasteiger charge is -2.09. The predicted molar refractivity (Wildman–Crippen MR) is 79.1 cm³/mol. The van der Waals surface area contributed by atoms with Crippen molar-refractivity contribution < 1.29 is 15.0 Å². The summed E-state index contributed by atoms with van der Waals surface area (Å²) in [6.07, 6.45) is 3.15. The Labute approximate surface area is 120 Å². The molecular formula is C15H25N2O3+. The van der Waals surface area contributed by atoms with E-state index >= 15 is 0 Å². The van der Waals surface area contributed by atoms with E-state index in [-0.39, 0.29) is 10.6 Å². The number of benzene rings is 1. The van der Waals surface area contributed by atoms with Crippen LogP contribution >= 0.6 is 0 Å². The first-order valence-corrected chi connectivity index (χ1v) is 7.25. The summed E-state index contributed by atoms with van der Waals surface area (Å²) < 4.78 is 5.53. The second-order valence-corrected chi connectivity index (χ2v) is 5.19. The van der Waals surface area contributed by atoms with Crippen molar-refractivity contribution in [2.24, 2.45) is 0 Å². The molecule has 0 aliphatic heterocycles. The first kappa shape index (κ1) is 16.4. The average molecular weight is 281 g/mol. The smallest absolute Gasteiger partial charge is 0.311 e. The zero-order chi connectivity index (χ0) is 15.0. The maximum atomic E-state index is 10.9. The fourth-order valence-electron chi connectivity index (χ4n) is 1.89. The molecule has 5 heteroatoms. The molecule has 20 heavy (non-hydrogen) atoms. The number of nitro groups is 1. The highest BCUT2D eigenvalue weighted by atomic mass is 16.6. The minimum absolute atomic E-state index is 0.0520. The fourth-order valence-corrected chi connectivity index (χ4v) is 1.89. The zero-order valence-electron chi connectivity index (χ0n) is 12.6. The molecule has 0 unspecified atom stereocenters. The van der Waals surface area contributed by atoms with E-state index in [1.807, 2.05) is 13.0 Å². The van der Waals surface area contributed by atoms with Gasteiger partial charge in [0.15, 0.2) is 5.75 Å². The van der Waals surface area contributed by atoms with Gasteiger partial charge in [0.05, 0.1) is 24.1 Å². The molecule has 5 nitrogen and oxygen atoms in total. The summed E-state index contributed by atoms with van der Waals surface area (Å²) in [6, 6.07) is 5.72. The summed E-state index contributed by atoms with van der Waals surface area (Å²) in [5.74, 6) is 0.367. The van der Waals surface area contributed by atoms with Crippen LogP contribution in [-0.4, -0.2) is 24.1 Å². The highest BCUT2D eigenvalue weighted by Crippen LogP contribution is 2.27. The number of hydrogen-bond acceptors (Lipinski definition) is 3. The molecule has 0 aliphatic rings. The van der Waals surface area contributed by atoms with Gasteiger partial charge >= 0.3 is 5.69 Å². The largest absolute Gasteiger partial charge is 0.487 e. The molecule has 0 saturated carbocycles. The molecule has 112 valence electrons. The number of nitro benzene ring substituents is 1. The van der Waals surface area contributed by atoms with Gasteiger partial charge in [-0.1, -0.05) is 13.0 Å². The average Bonchev–Trinajstić information content (AvgIpc) is 2.43. The first-order chi connectivity index (χ1) is 9.54. The van der Waals surface area contributed by atoms with Gasteiger partial charge in [-0.3, -0.25) is 10.1 Å². The summed E-state index contributed by atoms with van der Waals surface area (Å²) in [6.45, 7) is 7.83. The van der Waals surface area contributed by atoms with E-state index < -0.39 is 0 Å². The standard InChI is InChI=1S/C15H24N2O3/c1-4-13(3)16-9-5-6-10-20-15-8-7-12(2)11-14(15)17(18)19/h7-8,11,13,16H,4-6,9-10H2,1-3H3/p+1/t13-/m1/s1. The molecule has 0 saturated heterocycles. The molecule has 0 bridgehead atoms. The lowest BCUT2D eigenvalue weighted by atomic mass is 10.2. The van der Waals surface area contributed by atoms with E-state index in [1.54, 1.807) is 12.1 Å². The van der Waals surface area contributed by atoms with Crippen LogP contribution in [-0.2, 0) is 0 Å². The summed E-state index contributed by atoms with van der Waals surface area (Å²) in [5, 5.41) is 13.3. The summed E-state index contributed by atoms with van der Waals surface area (Å²) in [4.78, 5) is 10.5. The highest BCUT2D eigenvalue weighted by molar-refractivity contribution is 5.48. The lowest BCUT2D eigenvalue weighted by Crippen LogP contribution is -2.89. The van der Waals surface area contributed by atoms with Crippen molar-refractivity contribution in [3.63, 3.8) is 0 Å². The fraction of sp³-hybridized carbons (Fsp3) is 0.600. The van der Waals surface area contributed by atoms with Gasteiger partial charge in [0, 0.05) is 6.07 Å². The van der Waals surface area contributed by atoms with Crippen LogP contribution < -0.4 is 10.1 Å². The number of quaternary nitrogens is 1. The number of nitrogens with two attached hydrogens (primary N) is 1. The summed E-state index contributed by atoms with van der Waals surface area (Å²) in [5.41, 5.74) is 0.920. The summed E-state index contributed by atoms with van der Waals surface area (Å²) >= 11 is 0. The van der Waals surface area contributed by atoms with Crippen molar-refractivity contribution >= 4 is 5.69 Å². The number of nitrogens with zero attached hydrogens (tertiary/aromatic N) is 1. The molecular weight excluding hydrogens is 256 g/mol. The molecule has 0 aliphatic carbocycles. The van der Waals surface area contributed by atoms with Crippen molar-refractivity contribution in [3.8, 4) is 5.75 Å². The number of aryl methyl sites for hydroxylation is 1. The van der Waals surface area contributed by atoms with Crippen molar-refractivity contribution in [1.29, 1.82) is 0 Å². The van der Waals surface area contributed by atoms with E-state index in [0.717, 1.165) is 24.9 Å². The number of hydrogen-bond donors (Lipinski definition) is 1. The Hall–Kier alpha value is -1.62. The van der Waals surface area contributed by atoms with E-state index in [2.05, 4.69) is 19.2 Å². The Kier molecular flexibility index (Phi) is 7.01. The second kappa shape index (κ2) is 8.53. The normalized spacial score (nSPS) is 12.2. The molecule has 0 radical (unpaired) electrons. The van der Waals surface area contributed by atoms with Crippen LogP contribution in [0.1, 0.15) is 38.7 Å². The van der Waals surface area contributed by atoms with Gasteiger partial charge in [0.25, 0.3) is 0 Å². The van der Waals surface area contributed by atoms with Crippen LogP contribution in [0.2, 0.25) is 0 Å². The van der Waals surface area contributed by atoms with Crippen LogP contribution in [0.25, 0.3) is 0 Å². The van der Waals surface area contributed by atoms with Gasteiger partial charge in [-0.05, 0) is 44.7 Å². The monoisotopic (exact) mass is 281 g/mol. The molecule has 0 heterocycles. The molecule has 1 aromatic rings. The van der Waals surface area contributed by atoms with Crippen LogP contribution in [0.5, 0.6) is 5.75 Å². The molecule has 1 aromatic carbocycles. The summed E-state index contributed by atoms with van der Waals surface area (Å²) in [7, 11) is 0. The van der Waals surface area contributed by atoms with Crippen molar-refractivity contribution in [2.75, 3.05) is 13.2 Å². The highest BCUT2D eigenvalue weighted by Gasteiger charge is 2.14. The maximum Gasteiger partial charge on any atom is 0.311 e. The third kappa shape index (κ3) is 5.57. The van der Waals surface area contributed by atoms with Crippen LogP contribution in [0, 0.1) is 17.0 Å². The molecule has 0 spiro atoms. The Balaban J connectivity index is 2.33. The molecule has 0 amide bonds. The second-order valence-electron chi connectivity index (χ2n) is 5.19. The minimum Gasteiger partial charge on any atom is -0.487 e. The van der Waals surface area contributed by atoms with Gasteiger partial charge in [-0.25, -0.2) is 0 Å². The van der Waals surface area contributed by atoms with Crippen molar-refractivity contribution in [1.82, 2.24) is 0 Å². The maximum absolute atomic E-state index is 10.9.